The summed E-state index contributed by atoms with van der Waals surface area (Å²) in [7, 11) is -0.288. The molecule has 0 bridgehead atoms. The Hall–Kier alpha value is -0.910. The van der Waals surface area contributed by atoms with Crippen LogP contribution in [0, 0.1) is 0 Å². The molecule has 1 aromatic carbocycles. The van der Waals surface area contributed by atoms with Gasteiger partial charge in [0, 0.05) is 6.04 Å². The Morgan fingerprint density at radius 2 is 1.93 bits per heavy atom. The molecule has 1 atom stereocenters. The van der Waals surface area contributed by atoms with E-state index < -0.39 is 10.1 Å². The molecule has 0 fully saturated rings. The van der Waals surface area contributed by atoms with Gasteiger partial charge in [-0.25, -0.2) is 0 Å². The second kappa shape index (κ2) is 4.30. The van der Waals surface area contributed by atoms with E-state index in [1.54, 1.807) is 6.07 Å². The molecule has 0 radical (unpaired) electrons. The number of hydrogen-bond donors (Lipinski definition) is 1. The first-order valence-corrected chi connectivity index (χ1v) is 6.00. The Kier molecular flexibility index (Phi) is 3.49. The molecular formula is C10H15NO3S. The lowest BCUT2D eigenvalue weighted by molar-refractivity contribution is 0.320. The van der Waals surface area contributed by atoms with E-state index in [1.165, 1.54) is 12.1 Å². The topological polar surface area (TPSA) is 57.6 Å². The van der Waals surface area contributed by atoms with Crippen molar-refractivity contribution in [1.82, 2.24) is 4.90 Å². The summed E-state index contributed by atoms with van der Waals surface area (Å²) in [4.78, 5) is 1.90. The lowest BCUT2D eigenvalue weighted by Gasteiger charge is -2.20. The molecule has 0 amide bonds. The number of benzene rings is 1. The quantitative estimate of drug-likeness (QED) is 0.799. The molecule has 0 spiro atoms. The van der Waals surface area contributed by atoms with Crippen molar-refractivity contribution >= 4 is 10.1 Å². The fourth-order valence-corrected chi connectivity index (χ4v) is 1.77. The standard InChI is InChI=1S/C10H15NO3S/c1-8(11(2)3)9-5-4-6-10(7-9)15(12,13)14/h4-8H,1-3H3,(H,12,13,14). The van der Waals surface area contributed by atoms with E-state index in [0.717, 1.165) is 5.56 Å². The summed E-state index contributed by atoms with van der Waals surface area (Å²) in [5, 5.41) is 0. The first-order chi connectivity index (χ1) is 6.82. The maximum Gasteiger partial charge on any atom is 0.294 e. The zero-order chi connectivity index (χ0) is 11.6. The van der Waals surface area contributed by atoms with Crippen LogP contribution in [0.25, 0.3) is 0 Å². The molecule has 1 unspecified atom stereocenters. The van der Waals surface area contributed by atoms with Gasteiger partial charge in [-0.2, -0.15) is 8.42 Å². The minimum atomic E-state index is -4.10. The molecule has 0 saturated carbocycles. The van der Waals surface area contributed by atoms with Gasteiger partial charge >= 0.3 is 0 Å². The molecule has 5 heteroatoms. The number of hydrogen-bond acceptors (Lipinski definition) is 3. The zero-order valence-corrected chi connectivity index (χ0v) is 9.82. The highest BCUT2D eigenvalue weighted by atomic mass is 32.2. The van der Waals surface area contributed by atoms with Gasteiger partial charge in [0.25, 0.3) is 10.1 Å². The Morgan fingerprint density at radius 3 is 2.40 bits per heavy atom. The minimum Gasteiger partial charge on any atom is -0.303 e. The average molecular weight is 229 g/mol. The van der Waals surface area contributed by atoms with Gasteiger partial charge in [0.2, 0.25) is 0 Å². The van der Waals surface area contributed by atoms with Gasteiger partial charge in [0.1, 0.15) is 0 Å². The third-order valence-electron chi connectivity index (χ3n) is 2.41. The third-order valence-corrected chi connectivity index (χ3v) is 3.26. The van der Waals surface area contributed by atoms with Gasteiger partial charge in [0.05, 0.1) is 4.90 Å². The predicted molar refractivity (Wildman–Crippen MR) is 58.4 cm³/mol. The lowest BCUT2D eigenvalue weighted by Crippen LogP contribution is -2.17. The van der Waals surface area contributed by atoms with Crippen molar-refractivity contribution in [3.63, 3.8) is 0 Å². The van der Waals surface area contributed by atoms with Crippen molar-refractivity contribution in [1.29, 1.82) is 0 Å². The van der Waals surface area contributed by atoms with Gasteiger partial charge in [0.15, 0.2) is 0 Å². The summed E-state index contributed by atoms with van der Waals surface area (Å²) >= 11 is 0. The molecule has 1 rings (SSSR count). The zero-order valence-electron chi connectivity index (χ0n) is 9.01. The maximum absolute atomic E-state index is 10.9. The molecule has 0 aliphatic rings. The fraction of sp³-hybridized carbons (Fsp3) is 0.400. The number of nitrogens with zero attached hydrogens (tertiary/aromatic N) is 1. The molecule has 0 heterocycles. The third kappa shape index (κ3) is 3.02. The van der Waals surface area contributed by atoms with Crippen molar-refractivity contribution < 1.29 is 13.0 Å². The SMILES string of the molecule is CC(c1cccc(S(=O)(=O)O)c1)N(C)C. The van der Waals surface area contributed by atoms with E-state index >= 15 is 0 Å². The van der Waals surface area contributed by atoms with Crippen LogP contribution in [0.5, 0.6) is 0 Å². The van der Waals surface area contributed by atoms with E-state index in [0.29, 0.717) is 0 Å². The molecule has 0 aromatic heterocycles. The Labute approximate surface area is 90.3 Å². The molecule has 15 heavy (non-hydrogen) atoms. The Balaban J connectivity index is 3.14. The van der Waals surface area contributed by atoms with Crippen LogP contribution in [-0.2, 0) is 10.1 Å². The van der Waals surface area contributed by atoms with E-state index in [1.807, 2.05) is 32.0 Å². The number of rotatable bonds is 3. The first-order valence-electron chi connectivity index (χ1n) is 4.56. The van der Waals surface area contributed by atoms with Gasteiger partial charge < -0.3 is 4.90 Å². The van der Waals surface area contributed by atoms with Crippen LogP contribution < -0.4 is 0 Å². The van der Waals surface area contributed by atoms with Gasteiger partial charge in [-0.1, -0.05) is 12.1 Å². The predicted octanol–water partition coefficient (Wildman–Crippen LogP) is 1.56. The van der Waals surface area contributed by atoms with Crippen LogP contribution in [-0.4, -0.2) is 32.0 Å². The first kappa shape index (κ1) is 12.2. The van der Waals surface area contributed by atoms with Gasteiger partial charge in [-0.15, -0.1) is 0 Å². The highest BCUT2D eigenvalue weighted by Crippen LogP contribution is 2.20. The average Bonchev–Trinajstić information content (AvgIpc) is 2.15. The van der Waals surface area contributed by atoms with Gasteiger partial charge in [-0.05, 0) is 38.7 Å². The maximum atomic E-state index is 10.9. The summed E-state index contributed by atoms with van der Waals surface area (Å²) in [5.74, 6) is 0. The lowest BCUT2D eigenvalue weighted by atomic mass is 10.1. The summed E-state index contributed by atoms with van der Waals surface area (Å²) in [6.07, 6.45) is 0. The minimum absolute atomic E-state index is 0.0614. The van der Waals surface area contributed by atoms with Crippen molar-refractivity contribution in [2.45, 2.75) is 17.9 Å². The van der Waals surface area contributed by atoms with Crippen LogP contribution in [0.2, 0.25) is 0 Å². The highest BCUT2D eigenvalue weighted by molar-refractivity contribution is 7.85. The highest BCUT2D eigenvalue weighted by Gasteiger charge is 2.13. The van der Waals surface area contributed by atoms with Crippen LogP contribution in [0.1, 0.15) is 18.5 Å². The van der Waals surface area contributed by atoms with E-state index in [9.17, 15) is 8.42 Å². The Bertz CT molecular complexity index is 440. The molecule has 1 N–H and O–H groups in total. The molecule has 0 saturated heterocycles. The molecule has 1 aromatic rings. The monoisotopic (exact) mass is 229 g/mol. The molecule has 4 nitrogen and oxygen atoms in total. The van der Waals surface area contributed by atoms with Crippen molar-refractivity contribution in [2.75, 3.05) is 14.1 Å². The fourth-order valence-electron chi connectivity index (χ4n) is 1.23. The van der Waals surface area contributed by atoms with E-state index in [2.05, 4.69) is 0 Å². The molecular weight excluding hydrogens is 214 g/mol. The molecule has 0 aliphatic heterocycles. The van der Waals surface area contributed by atoms with Crippen molar-refractivity contribution in [3.05, 3.63) is 29.8 Å². The smallest absolute Gasteiger partial charge is 0.294 e. The summed E-state index contributed by atoms with van der Waals surface area (Å²) < 4.78 is 30.7. The van der Waals surface area contributed by atoms with Crippen LogP contribution in [0.15, 0.2) is 29.2 Å². The normalized spacial score (nSPS) is 14.2. The second-order valence-corrected chi connectivity index (χ2v) is 5.11. The summed E-state index contributed by atoms with van der Waals surface area (Å²) in [6.45, 7) is 1.96. The summed E-state index contributed by atoms with van der Waals surface area (Å²) in [5.41, 5.74) is 0.857. The largest absolute Gasteiger partial charge is 0.303 e. The Morgan fingerprint density at radius 1 is 1.33 bits per heavy atom. The van der Waals surface area contributed by atoms with Crippen LogP contribution >= 0.6 is 0 Å². The van der Waals surface area contributed by atoms with E-state index in [4.69, 9.17) is 4.55 Å². The van der Waals surface area contributed by atoms with Crippen molar-refractivity contribution in [3.8, 4) is 0 Å². The van der Waals surface area contributed by atoms with Crippen LogP contribution in [0.4, 0.5) is 0 Å². The molecule has 0 aliphatic carbocycles. The van der Waals surface area contributed by atoms with E-state index in [-0.39, 0.29) is 10.9 Å². The second-order valence-electron chi connectivity index (χ2n) is 3.69. The van der Waals surface area contributed by atoms with Crippen molar-refractivity contribution in [2.24, 2.45) is 0 Å². The molecule has 84 valence electrons. The summed E-state index contributed by atoms with van der Waals surface area (Å²) in [6, 6.07) is 6.42. The van der Waals surface area contributed by atoms with Crippen LogP contribution in [0.3, 0.4) is 0 Å². The van der Waals surface area contributed by atoms with Gasteiger partial charge in [-0.3, -0.25) is 4.55 Å².